The van der Waals surface area contributed by atoms with Crippen LogP contribution in [0.1, 0.15) is 13.8 Å². The van der Waals surface area contributed by atoms with Gasteiger partial charge < -0.3 is 16.2 Å². The van der Waals surface area contributed by atoms with Crippen molar-refractivity contribution < 1.29 is 18.3 Å². The minimum atomic E-state index is -3.54. The van der Waals surface area contributed by atoms with E-state index in [-0.39, 0.29) is 17.1 Å². The van der Waals surface area contributed by atoms with Crippen LogP contribution >= 0.6 is 0 Å². The van der Waals surface area contributed by atoms with Gasteiger partial charge in [-0.2, -0.15) is 0 Å². The van der Waals surface area contributed by atoms with Crippen LogP contribution in [0.4, 0.5) is 11.4 Å². The fraction of sp³-hybridized carbons (Fsp3) is 0.364. The average molecular weight is 272 g/mol. The maximum atomic E-state index is 11.9. The monoisotopic (exact) mass is 272 g/mol. The minimum Gasteiger partial charge on any atom is -0.508 e. The van der Waals surface area contributed by atoms with Gasteiger partial charge in [-0.1, -0.05) is 0 Å². The van der Waals surface area contributed by atoms with E-state index in [4.69, 9.17) is 5.73 Å². The van der Waals surface area contributed by atoms with Crippen molar-refractivity contribution in [2.45, 2.75) is 18.6 Å². The zero-order valence-corrected chi connectivity index (χ0v) is 11.2. The number of nitrogens with one attached hydrogen (secondary N) is 1. The van der Waals surface area contributed by atoms with Crippen LogP contribution < -0.4 is 11.1 Å². The molecule has 1 rings (SSSR count). The summed E-state index contributed by atoms with van der Waals surface area (Å²) in [5.41, 5.74) is 6.02. The highest BCUT2D eigenvalue weighted by molar-refractivity contribution is 7.92. The largest absolute Gasteiger partial charge is 0.508 e. The van der Waals surface area contributed by atoms with Crippen LogP contribution in [0.5, 0.6) is 5.75 Å². The second-order valence-electron chi connectivity index (χ2n) is 4.51. The maximum Gasteiger partial charge on any atom is 0.245 e. The van der Waals surface area contributed by atoms with Gasteiger partial charge in [-0.3, -0.25) is 4.79 Å². The van der Waals surface area contributed by atoms with Crippen molar-refractivity contribution in [1.29, 1.82) is 0 Å². The highest BCUT2D eigenvalue weighted by atomic mass is 32.2. The second-order valence-corrected chi connectivity index (χ2v) is 7.07. The van der Waals surface area contributed by atoms with Crippen molar-refractivity contribution in [3.8, 4) is 5.75 Å². The fourth-order valence-corrected chi connectivity index (χ4v) is 1.49. The predicted molar refractivity (Wildman–Crippen MR) is 70.1 cm³/mol. The highest BCUT2D eigenvalue weighted by Gasteiger charge is 2.38. The average Bonchev–Trinajstić information content (AvgIpc) is 2.20. The Morgan fingerprint density at radius 3 is 2.39 bits per heavy atom. The lowest BCUT2D eigenvalue weighted by molar-refractivity contribution is -0.117. The molecule has 1 aromatic carbocycles. The second kappa shape index (κ2) is 4.49. The molecular weight excluding hydrogens is 256 g/mol. The smallest absolute Gasteiger partial charge is 0.245 e. The molecule has 0 aliphatic rings. The zero-order valence-electron chi connectivity index (χ0n) is 10.4. The Morgan fingerprint density at radius 1 is 1.39 bits per heavy atom. The van der Waals surface area contributed by atoms with E-state index in [9.17, 15) is 18.3 Å². The topological polar surface area (TPSA) is 109 Å². The third kappa shape index (κ3) is 2.73. The lowest BCUT2D eigenvalue weighted by Gasteiger charge is -2.21. The molecule has 0 radical (unpaired) electrons. The number of hydrogen-bond donors (Lipinski definition) is 3. The van der Waals surface area contributed by atoms with Crippen LogP contribution in [-0.4, -0.2) is 30.4 Å². The standard InChI is InChI=1S/C11H16N2O4S/c1-11(2,18(3,16)17)10(15)13-9-5-4-7(14)6-8(9)12/h4-6,14H,12H2,1-3H3,(H,13,15). The van der Waals surface area contributed by atoms with Crippen LogP contribution in [0.25, 0.3) is 0 Å². The van der Waals surface area contributed by atoms with Gasteiger partial charge in [0.15, 0.2) is 9.84 Å². The third-order valence-electron chi connectivity index (χ3n) is 2.76. The number of hydrogen-bond acceptors (Lipinski definition) is 5. The highest BCUT2D eigenvalue weighted by Crippen LogP contribution is 2.25. The molecule has 100 valence electrons. The van der Waals surface area contributed by atoms with E-state index in [1.807, 2.05) is 0 Å². The summed E-state index contributed by atoms with van der Waals surface area (Å²) in [7, 11) is -3.54. The summed E-state index contributed by atoms with van der Waals surface area (Å²) in [5.74, 6) is -0.713. The Kier molecular flexibility index (Phi) is 3.57. The molecule has 4 N–H and O–H groups in total. The summed E-state index contributed by atoms with van der Waals surface area (Å²) in [5, 5.41) is 11.6. The van der Waals surface area contributed by atoms with Crippen molar-refractivity contribution in [2.24, 2.45) is 0 Å². The van der Waals surface area contributed by atoms with Crippen LogP contribution in [-0.2, 0) is 14.6 Å². The molecule has 0 aliphatic carbocycles. The van der Waals surface area contributed by atoms with Crippen LogP contribution in [0, 0.1) is 0 Å². The minimum absolute atomic E-state index is 0.0344. The number of benzene rings is 1. The molecular formula is C11H16N2O4S. The zero-order chi connectivity index (χ0) is 14.1. The third-order valence-corrected chi connectivity index (χ3v) is 4.80. The molecule has 7 heteroatoms. The number of carbonyl (C=O) groups is 1. The molecule has 0 unspecified atom stereocenters. The molecule has 0 bridgehead atoms. The number of phenolic OH excluding ortho intramolecular Hbond substituents is 1. The van der Waals surface area contributed by atoms with Crippen LogP contribution in [0.2, 0.25) is 0 Å². The number of carbonyl (C=O) groups excluding carboxylic acids is 1. The van der Waals surface area contributed by atoms with E-state index < -0.39 is 20.5 Å². The Labute approximate surface area is 106 Å². The molecule has 6 nitrogen and oxygen atoms in total. The van der Waals surface area contributed by atoms with Crippen LogP contribution in [0.15, 0.2) is 18.2 Å². The molecule has 0 aliphatic heterocycles. The van der Waals surface area contributed by atoms with Crippen molar-refractivity contribution in [3.63, 3.8) is 0 Å². The predicted octanol–water partition coefficient (Wildman–Crippen LogP) is 0.736. The van der Waals surface area contributed by atoms with E-state index in [1.165, 1.54) is 32.0 Å². The molecule has 1 amide bonds. The number of anilines is 2. The molecule has 0 fully saturated rings. The Balaban J connectivity index is 3.02. The lowest BCUT2D eigenvalue weighted by Crippen LogP contribution is -2.43. The number of sulfone groups is 1. The van der Waals surface area contributed by atoms with Crippen molar-refractivity contribution in [1.82, 2.24) is 0 Å². The molecule has 0 saturated heterocycles. The van der Waals surface area contributed by atoms with Gasteiger partial charge >= 0.3 is 0 Å². The summed E-state index contributed by atoms with van der Waals surface area (Å²) in [6.07, 6.45) is 0.993. The fourth-order valence-electron chi connectivity index (χ4n) is 1.11. The number of phenols is 1. The van der Waals surface area contributed by atoms with Gasteiger partial charge in [0.2, 0.25) is 5.91 Å². The van der Waals surface area contributed by atoms with E-state index in [0.29, 0.717) is 0 Å². The van der Waals surface area contributed by atoms with Crippen molar-refractivity contribution in [2.75, 3.05) is 17.3 Å². The quantitative estimate of drug-likeness (QED) is 0.555. The van der Waals surface area contributed by atoms with Gasteiger partial charge in [-0.25, -0.2) is 8.42 Å². The van der Waals surface area contributed by atoms with E-state index in [1.54, 1.807) is 0 Å². The summed E-state index contributed by atoms with van der Waals surface area (Å²) in [6.45, 7) is 2.63. The Bertz CT molecular complexity index is 579. The first-order valence-electron chi connectivity index (χ1n) is 5.15. The molecule has 0 atom stereocenters. The summed E-state index contributed by atoms with van der Waals surface area (Å²) >= 11 is 0. The first-order chi connectivity index (χ1) is 8.05. The maximum absolute atomic E-state index is 11.9. The van der Waals surface area contributed by atoms with Crippen LogP contribution in [0.3, 0.4) is 0 Å². The van der Waals surface area contributed by atoms with Crippen molar-refractivity contribution in [3.05, 3.63) is 18.2 Å². The van der Waals surface area contributed by atoms with Gasteiger partial charge in [0, 0.05) is 12.3 Å². The molecule has 1 aromatic rings. The van der Waals surface area contributed by atoms with E-state index in [0.717, 1.165) is 6.26 Å². The van der Waals surface area contributed by atoms with E-state index >= 15 is 0 Å². The van der Waals surface area contributed by atoms with Gasteiger partial charge in [-0.05, 0) is 26.0 Å². The van der Waals surface area contributed by atoms with Gasteiger partial charge in [0.25, 0.3) is 0 Å². The molecule has 18 heavy (non-hydrogen) atoms. The van der Waals surface area contributed by atoms with E-state index in [2.05, 4.69) is 5.32 Å². The first-order valence-corrected chi connectivity index (χ1v) is 7.04. The number of nitrogen functional groups attached to an aromatic ring is 1. The molecule has 0 saturated carbocycles. The Hall–Kier alpha value is -1.76. The molecule has 0 heterocycles. The first kappa shape index (κ1) is 14.3. The number of nitrogens with two attached hydrogens (primary N) is 1. The summed E-state index contributed by atoms with van der Waals surface area (Å²) in [6, 6.07) is 4.02. The lowest BCUT2D eigenvalue weighted by atomic mass is 10.1. The normalized spacial score (nSPS) is 12.2. The summed E-state index contributed by atoms with van der Waals surface area (Å²) < 4.78 is 21.4. The molecule has 0 aromatic heterocycles. The van der Waals surface area contributed by atoms with Gasteiger partial charge in [0.1, 0.15) is 10.5 Å². The number of amides is 1. The number of aromatic hydroxyl groups is 1. The van der Waals surface area contributed by atoms with Gasteiger partial charge in [0.05, 0.1) is 11.4 Å². The Morgan fingerprint density at radius 2 is 1.94 bits per heavy atom. The summed E-state index contributed by atoms with van der Waals surface area (Å²) in [4.78, 5) is 11.9. The molecule has 0 spiro atoms. The van der Waals surface area contributed by atoms with Gasteiger partial charge in [-0.15, -0.1) is 0 Å². The SMILES string of the molecule is CC(C)(C(=O)Nc1ccc(O)cc1N)S(C)(=O)=O. The number of rotatable bonds is 3. The van der Waals surface area contributed by atoms with Crippen molar-refractivity contribution >= 4 is 27.1 Å².